The van der Waals surface area contributed by atoms with Gasteiger partial charge in [-0.25, -0.2) is 0 Å². The first-order valence-corrected chi connectivity index (χ1v) is 7.93. The van der Waals surface area contributed by atoms with E-state index in [9.17, 15) is 4.79 Å². The molecule has 3 rings (SSSR count). The van der Waals surface area contributed by atoms with E-state index in [0.717, 1.165) is 31.5 Å². The lowest BCUT2D eigenvalue weighted by Gasteiger charge is -2.43. The Kier molecular flexibility index (Phi) is 4.24. The minimum absolute atomic E-state index is 0.206. The highest BCUT2D eigenvalue weighted by molar-refractivity contribution is 5.78. The minimum Gasteiger partial charge on any atom is -0.381 e. The molecule has 0 aromatic carbocycles. The molecule has 1 aromatic heterocycles. The molecule has 2 aliphatic rings. The fourth-order valence-corrected chi connectivity index (χ4v) is 4.10. The summed E-state index contributed by atoms with van der Waals surface area (Å²) in [6.07, 6.45) is 10.2. The van der Waals surface area contributed by atoms with Crippen LogP contribution in [0.15, 0.2) is 24.5 Å². The largest absolute Gasteiger partial charge is 0.381 e. The van der Waals surface area contributed by atoms with Crippen LogP contribution in [0.25, 0.3) is 0 Å². The van der Waals surface area contributed by atoms with Gasteiger partial charge in [0.2, 0.25) is 5.91 Å². The van der Waals surface area contributed by atoms with Crippen molar-refractivity contribution in [3.63, 3.8) is 0 Å². The van der Waals surface area contributed by atoms with Gasteiger partial charge in [0.15, 0.2) is 0 Å². The maximum Gasteiger partial charge on any atom is 0.227 e. The monoisotopic (exact) mass is 288 g/mol. The second kappa shape index (κ2) is 6.14. The molecule has 1 aromatic rings. The Bertz CT molecular complexity index is 491. The standard InChI is InChI=1S/C17H24N2O2/c1-21-15-6-2-7-17(15)8-4-10-19(13-17)16(20)11-14-5-3-9-18-12-14/h3,5,9,12,15H,2,4,6-8,10-11,13H2,1H3/t15-,17+/m1/s1. The van der Waals surface area contributed by atoms with Crippen LogP contribution < -0.4 is 0 Å². The molecule has 21 heavy (non-hydrogen) atoms. The van der Waals surface area contributed by atoms with E-state index in [1.165, 1.54) is 19.3 Å². The summed E-state index contributed by atoms with van der Waals surface area (Å²) in [6, 6.07) is 3.86. The predicted molar refractivity (Wildman–Crippen MR) is 80.8 cm³/mol. The Labute approximate surface area is 126 Å². The molecule has 0 bridgehead atoms. The summed E-state index contributed by atoms with van der Waals surface area (Å²) in [7, 11) is 1.81. The number of pyridine rings is 1. The zero-order chi connectivity index (χ0) is 14.7. The maximum absolute atomic E-state index is 12.6. The lowest BCUT2D eigenvalue weighted by atomic mass is 9.76. The number of hydrogen-bond donors (Lipinski definition) is 0. The Hall–Kier alpha value is -1.42. The van der Waals surface area contributed by atoms with Crippen LogP contribution in [0.1, 0.15) is 37.7 Å². The fourth-order valence-electron chi connectivity index (χ4n) is 4.10. The Morgan fingerprint density at radius 3 is 3.10 bits per heavy atom. The average Bonchev–Trinajstić information content (AvgIpc) is 2.90. The van der Waals surface area contributed by atoms with Gasteiger partial charge in [-0.2, -0.15) is 0 Å². The Balaban J connectivity index is 1.67. The highest BCUT2D eigenvalue weighted by atomic mass is 16.5. The van der Waals surface area contributed by atoms with E-state index in [4.69, 9.17) is 4.74 Å². The van der Waals surface area contributed by atoms with Crippen molar-refractivity contribution in [2.75, 3.05) is 20.2 Å². The normalized spacial score (nSPS) is 29.0. The van der Waals surface area contributed by atoms with Crippen molar-refractivity contribution in [3.8, 4) is 0 Å². The van der Waals surface area contributed by atoms with Gasteiger partial charge in [0, 0.05) is 38.0 Å². The van der Waals surface area contributed by atoms with E-state index in [2.05, 4.69) is 4.98 Å². The summed E-state index contributed by atoms with van der Waals surface area (Å²) in [5.74, 6) is 0.226. The third kappa shape index (κ3) is 2.95. The Morgan fingerprint density at radius 1 is 1.48 bits per heavy atom. The van der Waals surface area contributed by atoms with Crippen molar-refractivity contribution in [2.45, 2.75) is 44.6 Å². The molecule has 1 saturated carbocycles. The summed E-state index contributed by atoms with van der Waals surface area (Å²) in [5, 5.41) is 0. The number of carbonyl (C=O) groups excluding carboxylic acids is 1. The van der Waals surface area contributed by atoms with Crippen LogP contribution in [-0.2, 0) is 16.0 Å². The molecule has 4 heteroatoms. The molecule has 1 aliphatic heterocycles. The zero-order valence-corrected chi connectivity index (χ0v) is 12.8. The highest BCUT2D eigenvalue weighted by Gasteiger charge is 2.46. The van der Waals surface area contributed by atoms with Gasteiger partial charge >= 0.3 is 0 Å². The van der Waals surface area contributed by atoms with Gasteiger partial charge < -0.3 is 9.64 Å². The van der Waals surface area contributed by atoms with Gasteiger partial charge in [-0.15, -0.1) is 0 Å². The molecule has 1 amide bonds. The molecule has 4 nitrogen and oxygen atoms in total. The number of carbonyl (C=O) groups is 1. The molecule has 2 heterocycles. The lowest BCUT2D eigenvalue weighted by Crippen LogP contribution is -2.50. The van der Waals surface area contributed by atoms with E-state index in [-0.39, 0.29) is 11.3 Å². The third-order valence-corrected chi connectivity index (χ3v) is 5.15. The molecule has 2 atom stereocenters. The average molecular weight is 288 g/mol. The van der Waals surface area contributed by atoms with Crippen molar-refractivity contribution in [1.82, 2.24) is 9.88 Å². The molecule has 1 spiro atoms. The van der Waals surface area contributed by atoms with Crippen LogP contribution in [0.3, 0.4) is 0 Å². The first-order chi connectivity index (χ1) is 10.2. The fraction of sp³-hybridized carbons (Fsp3) is 0.647. The predicted octanol–water partition coefficient (Wildman–Crippen LogP) is 2.43. The summed E-state index contributed by atoms with van der Waals surface area (Å²) in [5.41, 5.74) is 1.20. The van der Waals surface area contributed by atoms with Crippen LogP contribution in [0.2, 0.25) is 0 Å². The van der Waals surface area contributed by atoms with Crippen LogP contribution in [0.4, 0.5) is 0 Å². The topological polar surface area (TPSA) is 42.4 Å². The second-order valence-electron chi connectivity index (χ2n) is 6.44. The number of hydrogen-bond acceptors (Lipinski definition) is 3. The van der Waals surface area contributed by atoms with E-state index < -0.39 is 0 Å². The van der Waals surface area contributed by atoms with Gasteiger partial charge in [0.1, 0.15) is 0 Å². The van der Waals surface area contributed by atoms with Gasteiger partial charge in [-0.05, 0) is 37.3 Å². The van der Waals surface area contributed by atoms with Crippen molar-refractivity contribution in [2.24, 2.45) is 5.41 Å². The number of methoxy groups -OCH3 is 1. The van der Waals surface area contributed by atoms with Gasteiger partial charge in [0.05, 0.1) is 12.5 Å². The number of nitrogens with zero attached hydrogens (tertiary/aromatic N) is 2. The third-order valence-electron chi connectivity index (χ3n) is 5.15. The number of likely N-dealkylation sites (tertiary alicyclic amines) is 1. The molecular formula is C17H24N2O2. The smallest absolute Gasteiger partial charge is 0.227 e. The Morgan fingerprint density at radius 2 is 2.33 bits per heavy atom. The molecule has 1 saturated heterocycles. The van der Waals surface area contributed by atoms with Gasteiger partial charge in [0.25, 0.3) is 0 Å². The van der Waals surface area contributed by atoms with Crippen LogP contribution >= 0.6 is 0 Å². The summed E-state index contributed by atoms with van der Waals surface area (Å²) < 4.78 is 5.70. The SMILES string of the molecule is CO[C@@H]1CCC[C@@]12CCCN(C(=O)Cc1cccnc1)C2. The number of amides is 1. The molecule has 0 radical (unpaired) electrons. The van der Waals surface area contributed by atoms with Crippen molar-refractivity contribution >= 4 is 5.91 Å². The quantitative estimate of drug-likeness (QED) is 0.858. The number of ether oxygens (including phenoxy) is 1. The van der Waals surface area contributed by atoms with Crippen LogP contribution in [0, 0.1) is 5.41 Å². The van der Waals surface area contributed by atoms with Crippen molar-refractivity contribution < 1.29 is 9.53 Å². The molecular weight excluding hydrogens is 264 g/mol. The maximum atomic E-state index is 12.6. The van der Waals surface area contributed by atoms with E-state index in [0.29, 0.717) is 12.5 Å². The van der Waals surface area contributed by atoms with E-state index in [1.54, 1.807) is 12.4 Å². The number of rotatable bonds is 3. The first kappa shape index (κ1) is 14.5. The molecule has 0 N–H and O–H groups in total. The van der Waals surface area contributed by atoms with Crippen LogP contribution in [-0.4, -0.2) is 42.1 Å². The molecule has 114 valence electrons. The second-order valence-corrected chi connectivity index (χ2v) is 6.44. The van der Waals surface area contributed by atoms with Gasteiger partial charge in [-0.1, -0.05) is 12.5 Å². The summed E-state index contributed by atoms with van der Waals surface area (Å²) >= 11 is 0. The van der Waals surface area contributed by atoms with Crippen molar-refractivity contribution in [3.05, 3.63) is 30.1 Å². The van der Waals surface area contributed by atoms with E-state index in [1.807, 2.05) is 24.1 Å². The van der Waals surface area contributed by atoms with Crippen molar-refractivity contribution in [1.29, 1.82) is 0 Å². The van der Waals surface area contributed by atoms with Gasteiger partial charge in [-0.3, -0.25) is 9.78 Å². The van der Waals surface area contributed by atoms with E-state index >= 15 is 0 Å². The number of piperidine rings is 1. The summed E-state index contributed by atoms with van der Waals surface area (Å²) in [6.45, 7) is 1.75. The molecule has 0 unspecified atom stereocenters. The summed E-state index contributed by atoms with van der Waals surface area (Å²) in [4.78, 5) is 18.7. The number of aromatic nitrogens is 1. The highest BCUT2D eigenvalue weighted by Crippen LogP contribution is 2.46. The molecule has 2 fully saturated rings. The van der Waals surface area contributed by atoms with Crippen LogP contribution in [0.5, 0.6) is 0 Å². The first-order valence-electron chi connectivity index (χ1n) is 7.93. The molecule has 1 aliphatic carbocycles. The minimum atomic E-state index is 0.206. The lowest BCUT2D eigenvalue weighted by molar-refractivity contribution is -0.136. The zero-order valence-electron chi connectivity index (χ0n) is 12.8.